The van der Waals surface area contributed by atoms with Crippen LogP contribution in [0.3, 0.4) is 0 Å². The van der Waals surface area contributed by atoms with E-state index in [1.165, 1.54) is 0 Å². The maximum absolute atomic E-state index is 10.00. The van der Waals surface area contributed by atoms with Crippen LogP contribution in [-0.4, -0.2) is 21.8 Å². The highest BCUT2D eigenvalue weighted by atomic mass is 32.1. The number of unbranched alkanes of at least 4 members (excludes halogenated alkanes) is 1. The Morgan fingerprint density at radius 1 is 1.27 bits per heavy atom. The molecule has 0 amide bonds. The second-order valence-corrected chi connectivity index (χ2v) is 7.33. The molecule has 0 spiro atoms. The van der Waals surface area contributed by atoms with Crippen molar-refractivity contribution in [2.24, 2.45) is 0 Å². The molecule has 5 nitrogen and oxygen atoms in total. The van der Waals surface area contributed by atoms with Crippen molar-refractivity contribution in [3.05, 3.63) is 52.2 Å². The minimum atomic E-state index is 0.346. The number of hydrogen-bond acceptors (Lipinski definition) is 5. The molecule has 6 heteroatoms. The molecule has 0 radical (unpaired) electrons. The maximum atomic E-state index is 10.00. The molecule has 0 fully saturated rings. The van der Waals surface area contributed by atoms with Crippen molar-refractivity contribution < 1.29 is 15.4 Å². The molecule has 0 saturated carbocycles. The monoisotopic (exact) mass is 370 g/mol. The molecule has 0 atom stereocenters. The van der Waals surface area contributed by atoms with Crippen LogP contribution < -0.4 is 5.73 Å². The molecule has 2 aromatic heterocycles. The lowest BCUT2D eigenvalue weighted by molar-refractivity contribution is -0.368. The van der Waals surface area contributed by atoms with E-state index in [-0.39, 0.29) is 0 Å². The van der Waals surface area contributed by atoms with E-state index in [2.05, 4.69) is 22.0 Å². The Morgan fingerprint density at radius 2 is 2.04 bits per heavy atom. The summed E-state index contributed by atoms with van der Waals surface area (Å²) in [6.07, 6.45) is 4.99. The third-order valence-corrected chi connectivity index (χ3v) is 5.11. The average molecular weight is 370 g/mol. The number of benzene rings is 1. The molecule has 0 unspecified atom stereocenters. The molecule has 2 heterocycles. The van der Waals surface area contributed by atoms with Gasteiger partial charge >= 0.3 is 0 Å². The Kier molecular flexibility index (Phi) is 5.85. The van der Waals surface area contributed by atoms with Gasteiger partial charge in [-0.2, -0.15) is 4.98 Å². The highest BCUT2D eigenvalue weighted by Crippen LogP contribution is 2.29. The lowest BCUT2D eigenvalue weighted by Gasteiger charge is -2.07. The van der Waals surface area contributed by atoms with Gasteiger partial charge in [-0.3, -0.25) is 0 Å². The zero-order chi connectivity index (χ0) is 18.5. The van der Waals surface area contributed by atoms with Crippen LogP contribution in [-0.2, 0) is 0 Å². The van der Waals surface area contributed by atoms with E-state index in [1.807, 2.05) is 43.5 Å². The Labute approximate surface area is 157 Å². The highest BCUT2D eigenvalue weighted by molar-refractivity contribution is 7.13. The second-order valence-electron chi connectivity index (χ2n) is 6.38. The zero-order valence-corrected chi connectivity index (χ0v) is 16.0. The molecule has 0 aliphatic carbocycles. The van der Waals surface area contributed by atoms with Gasteiger partial charge in [-0.15, -0.1) is 11.3 Å². The zero-order valence-electron chi connectivity index (χ0n) is 15.2. The van der Waals surface area contributed by atoms with E-state index in [9.17, 15) is 5.11 Å². The number of aromatic nitrogens is 2. The summed E-state index contributed by atoms with van der Waals surface area (Å²) >= 11 is 1.59. The van der Waals surface area contributed by atoms with Crippen molar-refractivity contribution in [2.75, 3.05) is 6.54 Å². The van der Waals surface area contributed by atoms with Gasteiger partial charge in [-0.1, -0.05) is 11.2 Å². The number of allylic oxidation sites excluding steroid dienone is 1. The summed E-state index contributed by atoms with van der Waals surface area (Å²) in [6.45, 7) is 4.72. The lowest BCUT2D eigenvalue weighted by atomic mass is 10.0. The predicted octanol–water partition coefficient (Wildman–Crippen LogP) is 4.07. The number of thiophene rings is 1. The van der Waals surface area contributed by atoms with E-state index in [0.29, 0.717) is 17.5 Å². The smallest absolute Gasteiger partial charge is 0.254 e. The molecule has 4 N–H and O–H groups in total. The van der Waals surface area contributed by atoms with Crippen molar-refractivity contribution in [1.29, 1.82) is 0 Å². The lowest BCUT2D eigenvalue weighted by Crippen LogP contribution is -2.50. The van der Waals surface area contributed by atoms with Gasteiger partial charge in [0.1, 0.15) is 5.75 Å². The first-order valence-electron chi connectivity index (χ1n) is 8.76. The van der Waals surface area contributed by atoms with Crippen molar-refractivity contribution >= 4 is 23.0 Å². The summed E-state index contributed by atoms with van der Waals surface area (Å²) in [5.74, 6) is 1.52. The van der Waals surface area contributed by atoms with Crippen LogP contribution in [0.4, 0.5) is 0 Å². The fraction of sp³-hybridized carbons (Fsp3) is 0.300. The SMILES string of the molecule is Cc1cc(/C=C(\CCCC[NH3+])c2nc(-c3cccs3)no2)cc(C)c1O. The molecule has 136 valence electrons. The Balaban J connectivity index is 1.95. The number of hydrogen-bond donors (Lipinski definition) is 2. The quantitative estimate of drug-likeness (QED) is 0.614. The number of nitrogens with zero attached hydrogens (tertiary/aromatic N) is 2. The van der Waals surface area contributed by atoms with Crippen molar-refractivity contribution in [2.45, 2.75) is 33.1 Å². The van der Waals surface area contributed by atoms with Crippen molar-refractivity contribution in [3.8, 4) is 16.5 Å². The van der Waals surface area contributed by atoms with Crippen LogP contribution in [0.5, 0.6) is 5.75 Å². The molecular formula is C20H24N3O2S+. The number of rotatable bonds is 7. The second kappa shape index (κ2) is 8.29. The summed E-state index contributed by atoms with van der Waals surface area (Å²) in [7, 11) is 0. The van der Waals surface area contributed by atoms with E-state index in [4.69, 9.17) is 4.52 Å². The maximum Gasteiger partial charge on any atom is 0.254 e. The third kappa shape index (κ3) is 4.20. The number of quaternary nitrogens is 1. The van der Waals surface area contributed by atoms with Gasteiger partial charge < -0.3 is 15.4 Å². The minimum Gasteiger partial charge on any atom is -0.507 e. The largest absolute Gasteiger partial charge is 0.507 e. The van der Waals surface area contributed by atoms with E-state index in [1.54, 1.807) is 11.3 Å². The van der Waals surface area contributed by atoms with Crippen LogP contribution in [0.15, 0.2) is 34.2 Å². The van der Waals surface area contributed by atoms with E-state index >= 15 is 0 Å². The minimum absolute atomic E-state index is 0.346. The fourth-order valence-electron chi connectivity index (χ4n) is 2.87. The Hall–Kier alpha value is -2.44. The topological polar surface area (TPSA) is 86.8 Å². The summed E-state index contributed by atoms with van der Waals surface area (Å²) in [6, 6.07) is 7.90. The molecule has 3 aromatic rings. The first kappa shape index (κ1) is 18.4. The number of phenolic OH excluding ortho intramolecular Hbond substituents is 1. The Bertz CT molecular complexity index is 875. The standard InChI is InChI=1S/C20H23N3O2S/c1-13-10-15(11-14(2)18(13)24)12-16(6-3-4-8-21)20-22-19(23-25-20)17-7-5-9-26-17/h5,7,9-12,24H,3-4,6,8,21H2,1-2H3/p+1/b16-12+. The molecule has 0 saturated heterocycles. The van der Waals surface area contributed by atoms with E-state index < -0.39 is 0 Å². The molecule has 3 rings (SSSR count). The molecule has 0 bridgehead atoms. The van der Waals surface area contributed by atoms with E-state index in [0.717, 1.165) is 52.9 Å². The van der Waals surface area contributed by atoms with Gasteiger partial charge in [0.15, 0.2) is 0 Å². The van der Waals surface area contributed by atoms with Crippen LogP contribution in [0.2, 0.25) is 0 Å². The highest BCUT2D eigenvalue weighted by Gasteiger charge is 2.14. The summed E-state index contributed by atoms with van der Waals surface area (Å²) in [4.78, 5) is 5.58. The van der Waals surface area contributed by atoms with Gasteiger partial charge in [-0.05, 0) is 79.5 Å². The Morgan fingerprint density at radius 3 is 2.69 bits per heavy atom. The molecule has 0 aliphatic heterocycles. The van der Waals surface area contributed by atoms with Gasteiger partial charge in [0.25, 0.3) is 5.89 Å². The average Bonchev–Trinajstić information content (AvgIpc) is 3.30. The fourth-order valence-corrected chi connectivity index (χ4v) is 3.52. The van der Waals surface area contributed by atoms with Gasteiger partial charge in [0.2, 0.25) is 5.82 Å². The van der Waals surface area contributed by atoms with Crippen LogP contribution in [0.1, 0.15) is 41.8 Å². The van der Waals surface area contributed by atoms with Crippen LogP contribution >= 0.6 is 11.3 Å². The number of aromatic hydroxyl groups is 1. The van der Waals surface area contributed by atoms with Crippen molar-refractivity contribution in [3.63, 3.8) is 0 Å². The van der Waals surface area contributed by atoms with Crippen molar-refractivity contribution in [1.82, 2.24) is 10.1 Å². The van der Waals surface area contributed by atoms with Gasteiger partial charge in [0.05, 0.1) is 11.4 Å². The summed E-state index contributed by atoms with van der Waals surface area (Å²) in [5.41, 5.74) is 7.67. The molecule has 0 aliphatic rings. The molecule has 1 aromatic carbocycles. The van der Waals surface area contributed by atoms with Gasteiger partial charge in [-0.25, -0.2) is 0 Å². The first-order chi connectivity index (χ1) is 12.6. The first-order valence-corrected chi connectivity index (χ1v) is 9.64. The normalized spacial score (nSPS) is 11.9. The number of aryl methyl sites for hydroxylation is 2. The predicted molar refractivity (Wildman–Crippen MR) is 105 cm³/mol. The van der Waals surface area contributed by atoms with Crippen LogP contribution in [0, 0.1) is 13.8 Å². The molecular weight excluding hydrogens is 346 g/mol. The third-order valence-electron chi connectivity index (χ3n) is 4.24. The summed E-state index contributed by atoms with van der Waals surface area (Å²) in [5, 5.41) is 16.1. The van der Waals surface area contributed by atoms with Crippen LogP contribution in [0.25, 0.3) is 22.4 Å². The number of phenols is 1. The molecule has 26 heavy (non-hydrogen) atoms. The summed E-state index contributed by atoms with van der Waals surface area (Å²) < 4.78 is 5.55. The van der Waals surface area contributed by atoms with Gasteiger partial charge in [0, 0.05) is 5.57 Å².